The van der Waals surface area contributed by atoms with Crippen LogP contribution in [0.25, 0.3) is 21.7 Å². The largest absolute Gasteiger partial charge is 0.389 e. The molecule has 8 nitrogen and oxygen atoms in total. The number of aromatic nitrogens is 3. The Morgan fingerprint density at radius 3 is 2.77 bits per heavy atom. The molecule has 4 heterocycles. The zero-order valence-corrected chi connectivity index (χ0v) is 19.3. The molecule has 2 aromatic heterocycles. The maximum atomic E-state index is 13.6. The third-order valence-corrected chi connectivity index (χ3v) is 6.71. The predicted molar refractivity (Wildman–Crippen MR) is 136 cm³/mol. The minimum Gasteiger partial charge on any atom is -0.389 e. The Bertz CT molecular complexity index is 1560. The van der Waals surface area contributed by atoms with Crippen molar-refractivity contribution in [3.8, 4) is 0 Å². The van der Waals surface area contributed by atoms with Crippen LogP contribution < -0.4 is 5.56 Å². The third-order valence-electron chi connectivity index (χ3n) is 6.71. The van der Waals surface area contributed by atoms with Gasteiger partial charge in [-0.05, 0) is 42.5 Å². The average molecular weight is 468 g/mol. The first-order valence-corrected chi connectivity index (χ1v) is 11.8. The molecule has 4 aromatic rings. The highest BCUT2D eigenvalue weighted by Gasteiger charge is 2.27. The van der Waals surface area contributed by atoms with E-state index in [1.54, 1.807) is 17.1 Å². The number of hydrogen-bond donors (Lipinski definition) is 1. The second-order valence-corrected chi connectivity index (χ2v) is 9.05. The van der Waals surface area contributed by atoms with Gasteiger partial charge in [-0.3, -0.25) is 24.3 Å². The van der Waals surface area contributed by atoms with E-state index in [1.807, 2.05) is 49.4 Å². The summed E-state index contributed by atoms with van der Waals surface area (Å²) < 4.78 is 6.91. The summed E-state index contributed by atoms with van der Waals surface area (Å²) in [6, 6.07) is 15.5. The van der Waals surface area contributed by atoms with Gasteiger partial charge in [0.1, 0.15) is 11.9 Å². The molecule has 1 N–H and O–H groups in total. The van der Waals surface area contributed by atoms with Crippen LogP contribution in [0, 0.1) is 0 Å². The molecular formula is C27H25N5O3. The molecule has 2 aliphatic rings. The number of benzene rings is 2. The lowest BCUT2D eigenvalue weighted by atomic mass is 9.97. The number of nitrogens with zero attached hydrogens (tertiary/aromatic N) is 5. The number of aliphatic hydroxyl groups is 1. The standard InChI is InChI=1S/C27H25N5O3/c1-16-28-13-23(30-16)22-8-4-5-18(31-22)11-17-12-21-26(20-7-3-2-6-19(17)20)29-15-32(27(21)34)24-9-10-35-14-25(24)33/h2-8,12-13,15-16,24-25,33H,9-11,14H2,1H3/t16?,24-,25-/m0/s1. The van der Waals surface area contributed by atoms with E-state index in [1.165, 1.54) is 0 Å². The third kappa shape index (κ3) is 3.94. The molecule has 176 valence electrons. The van der Waals surface area contributed by atoms with Crippen molar-refractivity contribution in [1.82, 2.24) is 14.5 Å². The summed E-state index contributed by atoms with van der Waals surface area (Å²) in [5.74, 6) is 0. The van der Waals surface area contributed by atoms with Gasteiger partial charge in [-0.1, -0.05) is 30.3 Å². The van der Waals surface area contributed by atoms with Crippen LogP contribution in [0.5, 0.6) is 0 Å². The lowest BCUT2D eigenvalue weighted by Crippen LogP contribution is -2.39. The molecule has 1 unspecified atom stereocenters. The van der Waals surface area contributed by atoms with E-state index in [-0.39, 0.29) is 24.4 Å². The predicted octanol–water partition coefficient (Wildman–Crippen LogP) is 3.08. The average Bonchev–Trinajstić information content (AvgIpc) is 3.32. The van der Waals surface area contributed by atoms with Crippen molar-refractivity contribution in [2.45, 2.75) is 38.1 Å². The molecule has 0 aliphatic carbocycles. The summed E-state index contributed by atoms with van der Waals surface area (Å²) in [5, 5.41) is 12.9. The topological polar surface area (TPSA) is 102 Å². The zero-order valence-electron chi connectivity index (χ0n) is 19.3. The quantitative estimate of drug-likeness (QED) is 0.465. The van der Waals surface area contributed by atoms with Gasteiger partial charge < -0.3 is 9.84 Å². The maximum absolute atomic E-state index is 13.6. The smallest absolute Gasteiger partial charge is 0.261 e. The lowest BCUT2D eigenvalue weighted by molar-refractivity contribution is -0.0395. The lowest BCUT2D eigenvalue weighted by Gasteiger charge is -2.29. The van der Waals surface area contributed by atoms with Gasteiger partial charge in [0.15, 0.2) is 0 Å². The molecule has 0 amide bonds. The van der Waals surface area contributed by atoms with Gasteiger partial charge >= 0.3 is 0 Å². The molecule has 3 atom stereocenters. The van der Waals surface area contributed by atoms with Crippen LogP contribution in [0.2, 0.25) is 0 Å². The fourth-order valence-electron chi connectivity index (χ4n) is 4.96. The maximum Gasteiger partial charge on any atom is 0.261 e. The molecule has 1 saturated heterocycles. The van der Waals surface area contributed by atoms with E-state index < -0.39 is 6.10 Å². The minimum atomic E-state index is -0.739. The van der Waals surface area contributed by atoms with E-state index in [0.717, 1.165) is 33.4 Å². The Labute approximate surface area is 201 Å². The first-order valence-electron chi connectivity index (χ1n) is 11.8. The van der Waals surface area contributed by atoms with Crippen molar-refractivity contribution in [3.05, 3.63) is 82.2 Å². The Kier molecular flexibility index (Phi) is 5.47. The van der Waals surface area contributed by atoms with E-state index in [9.17, 15) is 9.90 Å². The van der Waals surface area contributed by atoms with Crippen LogP contribution in [0.4, 0.5) is 0 Å². The van der Waals surface area contributed by atoms with Gasteiger partial charge in [-0.25, -0.2) is 4.98 Å². The van der Waals surface area contributed by atoms with Gasteiger partial charge in [0, 0.05) is 24.1 Å². The van der Waals surface area contributed by atoms with Crippen LogP contribution in [0.15, 0.2) is 69.6 Å². The van der Waals surface area contributed by atoms with Crippen LogP contribution >= 0.6 is 0 Å². The first-order chi connectivity index (χ1) is 17.1. The molecule has 2 aromatic carbocycles. The van der Waals surface area contributed by atoms with Gasteiger partial charge in [-0.2, -0.15) is 0 Å². The highest BCUT2D eigenvalue weighted by atomic mass is 16.5. The van der Waals surface area contributed by atoms with Gasteiger partial charge in [0.05, 0.1) is 47.9 Å². The van der Waals surface area contributed by atoms with Gasteiger partial charge in [0.25, 0.3) is 5.56 Å². The van der Waals surface area contributed by atoms with Crippen molar-refractivity contribution >= 4 is 33.6 Å². The summed E-state index contributed by atoms with van der Waals surface area (Å²) in [7, 11) is 0. The molecule has 0 bridgehead atoms. The normalized spacial score (nSPS) is 22.1. The summed E-state index contributed by atoms with van der Waals surface area (Å²) in [4.78, 5) is 31.9. The monoisotopic (exact) mass is 467 g/mol. The van der Waals surface area contributed by atoms with E-state index >= 15 is 0 Å². The Hall–Kier alpha value is -3.75. The van der Waals surface area contributed by atoms with E-state index in [2.05, 4.69) is 21.0 Å². The van der Waals surface area contributed by atoms with Crippen molar-refractivity contribution in [2.75, 3.05) is 13.2 Å². The second-order valence-electron chi connectivity index (χ2n) is 9.05. The SMILES string of the molecule is CC1N=CC(c2cccc(Cc3cc4c(=O)n([C@H]5CCOC[C@@H]5O)cnc4c4ccccc34)n2)=N1. The van der Waals surface area contributed by atoms with Crippen molar-refractivity contribution < 1.29 is 9.84 Å². The highest BCUT2D eigenvalue weighted by Crippen LogP contribution is 2.28. The van der Waals surface area contributed by atoms with Crippen LogP contribution in [0.1, 0.15) is 36.3 Å². The Morgan fingerprint density at radius 1 is 1.11 bits per heavy atom. The molecule has 0 saturated carbocycles. The number of hydrogen-bond acceptors (Lipinski definition) is 7. The van der Waals surface area contributed by atoms with Crippen LogP contribution in [-0.4, -0.2) is 57.1 Å². The summed E-state index contributed by atoms with van der Waals surface area (Å²) in [6.45, 7) is 2.66. The van der Waals surface area contributed by atoms with Crippen LogP contribution in [0.3, 0.4) is 0 Å². The molecule has 35 heavy (non-hydrogen) atoms. The molecule has 0 radical (unpaired) electrons. The number of aliphatic hydroxyl groups excluding tert-OH is 1. The van der Waals surface area contributed by atoms with Crippen molar-refractivity contribution in [1.29, 1.82) is 0 Å². The van der Waals surface area contributed by atoms with E-state index in [0.29, 0.717) is 30.4 Å². The number of ether oxygens (including phenoxy) is 1. The van der Waals surface area contributed by atoms with Crippen molar-refractivity contribution in [2.24, 2.45) is 9.98 Å². The number of pyridine rings is 1. The highest BCUT2D eigenvalue weighted by molar-refractivity contribution is 6.38. The van der Waals surface area contributed by atoms with Crippen LogP contribution in [-0.2, 0) is 11.2 Å². The summed E-state index contributed by atoms with van der Waals surface area (Å²) in [5.41, 5.74) is 3.96. The zero-order chi connectivity index (χ0) is 23.9. The first kappa shape index (κ1) is 21.8. The Morgan fingerprint density at radius 2 is 1.97 bits per heavy atom. The Balaban J connectivity index is 1.47. The second kappa shape index (κ2) is 8.79. The number of aliphatic imine (C=N–C) groups is 2. The minimum absolute atomic E-state index is 0.0798. The molecule has 2 aliphatic heterocycles. The molecular weight excluding hydrogens is 442 g/mol. The summed E-state index contributed by atoms with van der Waals surface area (Å²) >= 11 is 0. The van der Waals surface area contributed by atoms with Gasteiger partial charge in [-0.15, -0.1) is 0 Å². The fourth-order valence-corrected chi connectivity index (χ4v) is 4.96. The number of rotatable bonds is 4. The summed E-state index contributed by atoms with van der Waals surface area (Å²) in [6.07, 6.45) is 3.63. The molecule has 1 fully saturated rings. The fraction of sp³-hybridized carbons (Fsp3) is 0.296. The van der Waals surface area contributed by atoms with Crippen molar-refractivity contribution in [3.63, 3.8) is 0 Å². The molecule has 0 spiro atoms. The molecule has 6 rings (SSSR count). The molecule has 8 heteroatoms. The number of fused-ring (bicyclic) bond motifs is 3. The van der Waals surface area contributed by atoms with E-state index in [4.69, 9.17) is 9.72 Å². The van der Waals surface area contributed by atoms with Gasteiger partial charge in [0.2, 0.25) is 0 Å².